The first-order chi connectivity index (χ1) is 5.86. The molecule has 0 saturated carbocycles. The van der Waals surface area contributed by atoms with E-state index in [2.05, 4.69) is 13.0 Å². The molecule has 0 bridgehead atoms. The predicted molar refractivity (Wildman–Crippen MR) is 51.0 cm³/mol. The molecule has 1 heteroatoms. The summed E-state index contributed by atoms with van der Waals surface area (Å²) in [6.07, 6.45) is 10.8. The molecular weight excluding hydrogens is 148 g/mol. The fraction of sp³-hybridized carbons (Fsp3) is 0.545. The SMILES string of the molecule is CCCCC1=CC=C(C=O)CC1. The van der Waals surface area contributed by atoms with E-state index in [1.165, 1.54) is 24.8 Å². The minimum atomic E-state index is 0.940. The van der Waals surface area contributed by atoms with Gasteiger partial charge in [-0.1, -0.05) is 31.1 Å². The smallest absolute Gasteiger partial charge is 0.146 e. The van der Waals surface area contributed by atoms with Crippen LogP contribution in [0.25, 0.3) is 0 Å². The van der Waals surface area contributed by atoms with Crippen molar-refractivity contribution in [3.05, 3.63) is 23.3 Å². The summed E-state index contributed by atoms with van der Waals surface area (Å²) in [5.74, 6) is 0. The zero-order valence-electron chi connectivity index (χ0n) is 7.68. The molecule has 0 atom stereocenters. The van der Waals surface area contributed by atoms with Gasteiger partial charge in [-0.2, -0.15) is 0 Å². The first-order valence-electron chi connectivity index (χ1n) is 4.70. The number of rotatable bonds is 4. The van der Waals surface area contributed by atoms with Crippen LogP contribution in [-0.2, 0) is 4.79 Å². The lowest BCUT2D eigenvalue weighted by Gasteiger charge is -2.10. The van der Waals surface area contributed by atoms with E-state index in [9.17, 15) is 4.79 Å². The van der Waals surface area contributed by atoms with Crippen molar-refractivity contribution < 1.29 is 4.79 Å². The summed E-state index contributed by atoms with van der Waals surface area (Å²) in [6.45, 7) is 2.20. The minimum Gasteiger partial charge on any atom is -0.298 e. The van der Waals surface area contributed by atoms with Gasteiger partial charge in [0.15, 0.2) is 0 Å². The fourth-order valence-corrected chi connectivity index (χ4v) is 1.41. The third-order valence-electron chi connectivity index (χ3n) is 2.27. The second-order valence-corrected chi connectivity index (χ2v) is 3.29. The summed E-state index contributed by atoms with van der Waals surface area (Å²) in [5.41, 5.74) is 2.44. The molecule has 66 valence electrons. The molecule has 0 unspecified atom stereocenters. The lowest BCUT2D eigenvalue weighted by molar-refractivity contribution is -0.105. The predicted octanol–water partition coefficient (Wildman–Crippen LogP) is 3.02. The Balaban J connectivity index is 2.42. The number of aldehydes is 1. The van der Waals surface area contributed by atoms with E-state index in [4.69, 9.17) is 0 Å². The molecule has 0 aromatic carbocycles. The molecule has 0 saturated heterocycles. The summed E-state index contributed by atoms with van der Waals surface area (Å²) in [6, 6.07) is 0. The molecule has 0 heterocycles. The molecule has 0 fully saturated rings. The van der Waals surface area contributed by atoms with Gasteiger partial charge in [-0.25, -0.2) is 0 Å². The van der Waals surface area contributed by atoms with Crippen LogP contribution < -0.4 is 0 Å². The summed E-state index contributed by atoms with van der Waals surface area (Å²) in [5, 5.41) is 0. The van der Waals surface area contributed by atoms with Gasteiger partial charge >= 0.3 is 0 Å². The van der Waals surface area contributed by atoms with Crippen molar-refractivity contribution in [2.45, 2.75) is 39.0 Å². The zero-order valence-corrected chi connectivity index (χ0v) is 7.68. The molecule has 0 spiro atoms. The van der Waals surface area contributed by atoms with Crippen LogP contribution in [0.2, 0.25) is 0 Å². The normalized spacial score (nSPS) is 16.8. The van der Waals surface area contributed by atoms with E-state index < -0.39 is 0 Å². The van der Waals surface area contributed by atoms with Gasteiger partial charge in [-0.05, 0) is 31.3 Å². The maximum Gasteiger partial charge on any atom is 0.146 e. The van der Waals surface area contributed by atoms with Gasteiger partial charge in [0, 0.05) is 0 Å². The summed E-state index contributed by atoms with van der Waals surface area (Å²) < 4.78 is 0. The largest absolute Gasteiger partial charge is 0.298 e. The average molecular weight is 164 g/mol. The maximum absolute atomic E-state index is 10.4. The fourth-order valence-electron chi connectivity index (χ4n) is 1.41. The van der Waals surface area contributed by atoms with E-state index in [0.29, 0.717) is 0 Å². The average Bonchev–Trinajstić information content (AvgIpc) is 2.15. The molecule has 0 aromatic rings. The third kappa shape index (κ3) is 2.65. The van der Waals surface area contributed by atoms with Crippen molar-refractivity contribution in [3.8, 4) is 0 Å². The highest BCUT2D eigenvalue weighted by Gasteiger charge is 2.04. The Kier molecular flexibility index (Phi) is 3.78. The topological polar surface area (TPSA) is 17.1 Å². The lowest BCUT2D eigenvalue weighted by Crippen LogP contribution is -1.94. The zero-order chi connectivity index (χ0) is 8.81. The first kappa shape index (κ1) is 9.24. The Labute approximate surface area is 74.2 Å². The second-order valence-electron chi connectivity index (χ2n) is 3.29. The van der Waals surface area contributed by atoms with Gasteiger partial charge in [0.05, 0.1) is 0 Å². The van der Waals surface area contributed by atoms with Gasteiger partial charge in [-0.3, -0.25) is 4.79 Å². The minimum absolute atomic E-state index is 0.940. The Morgan fingerprint density at radius 1 is 1.42 bits per heavy atom. The monoisotopic (exact) mass is 164 g/mol. The van der Waals surface area contributed by atoms with Gasteiger partial charge in [0.25, 0.3) is 0 Å². The van der Waals surface area contributed by atoms with Crippen molar-refractivity contribution in [1.29, 1.82) is 0 Å². The molecule has 1 nitrogen and oxygen atoms in total. The molecule has 0 amide bonds. The number of hydrogen-bond acceptors (Lipinski definition) is 1. The van der Waals surface area contributed by atoms with Crippen LogP contribution in [0.5, 0.6) is 0 Å². The summed E-state index contributed by atoms with van der Waals surface area (Å²) in [4.78, 5) is 10.4. The highest BCUT2D eigenvalue weighted by molar-refractivity contribution is 5.74. The standard InChI is InChI=1S/C11H16O/c1-2-3-4-10-5-7-11(9-12)8-6-10/h5,7,9H,2-4,6,8H2,1H3. The lowest BCUT2D eigenvalue weighted by atomic mass is 9.96. The van der Waals surface area contributed by atoms with Crippen LogP contribution in [0.3, 0.4) is 0 Å². The molecule has 1 aliphatic rings. The highest BCUT2D eigenvalue weighted by Crippen LogP contribution is 2.20. The molecule has 0 aromatic heterocycles. The van der Waals surface area contributed by atoms with Crippen LogP contribution in [0.15, 0.2) is 23.3 Å². The van der Waals surface area contributed by atoms with Crippen LogP contribution >= 0.6 is 0 Å². The maximum atomic E-state index is 10.4. The van der Waals surface area contributed by atoms with Gasteiger partial charge in [-0.15, -0.1) is 0 Å². The Hall–Kier alpha value is -0.850. The summed E-state index contributed by atoms with van der Waals surface area (Å²) >= 11 is 0. The number of unbranched alkanes of at least 4 members (excludes halogenated alkanes) is 1. The molecule has 1 aliphatic carbocycles. The van der Waals surface area contributed by atoms with Crippen LogP contribution in [0, 0.1) is 0 Å². The van der Waals surface area contributed by atoms with Gasteiger partial charge in [0.1, 0.15) is 6.29 Å². The van der Waals surface area contributed by atoms with E-state index in [1.54, 1.807) is 0 Å². The Bertz CT molecular complexity index is 211. The number of carbonyl (C=O) groups excluding carboxylic acids is 1. The van der Waals surface area contributed by atoms with Crippen LogP contribution in [0.1, 0.15) is 39.0 Å². The first-order valence-corrected chi connectivity index (χ1v) is 4.70. The second kappa shape index (κ2) is 4.91. The van der Waals surface area contributed by atoms with Crippen LogP contribution in [-0.4, -0.2) is 6.29 Å². The van der Waals surface area contributed by atoms with Crippen molar-refractivity contribution in [3.63, 3.8) is 0 Å². The molecule has 0 radical (unpaired) electrons. The van der Waals surface area contributed by atoms with E-state index in [-0.39, 0.29) is 0 Å². The van der Waals surface area contributed by atoms with Crippen LogP contribution in [0.4, 0.5) is 0 Å². The van der Waals surface area contributed by atoms with Gasteiger partial charge < -0.3 is 0 Å². The summed E-state index contributed by atoms with van der Waals surface area (Å²) in [7, 11) is 0. The number of allylic oxidation sites excluding steroid dienone is 4. The molecule has 0 N–H and O–H groups in total. The van der Waals surface area contributed by atoms with E-state index in [1.807, 2.05) is 6.08 Å². The number of hydrogen-bond donors (Lipinski definition) is 0. The third-order valence-corrected chi connectivity index (χ3v) is 2.27. The van der Waals surface area contributed by atoms with E-state index in [0.717, 1.165) is 24.7 Å². The highest BCUT2D eigenvalue weighted by atomic mass is 16.1. The van der Waals surface area contributed by atoms with E-state index >= 15 is 0 Å². The Morgan fingerprint density at radius 3 is 2.75 bits per heavy atom. The molecule has 12 heavy (non-hydrogen) atoms. The van der Waals surface area contributed by atoms with Crippen molar-refractivity contribution in [1.82, 2.24) is 0 Å². The van der Waals surface area contributed by atoms with Crippen molar-refractivity contribution in [2.75, 3.05) is 0 Å². The Morgan fingerprint density at radius 2 is 2.25 bits per heavy atom. The molecular formula is C11H16O. The quantitative estimate of drug-likeness (QED) is 0.584. The van der Waals surface area contributed by atoms with Crippen molar-refractivity contribution >= 4 is 6.29 Å². The van der Waals surface area contributed by atoms with Gasteiger partial charge in [0.2, 0.25) is 0 Å². The van der Waals surface area contributed by atoms with Crippen molar-refractivity contribution in [2.24, 2.45) is 0 Å². The molecule has 1 rings (SSSR count). The molecule has 0 aliphatic heterocycles. The number of carbonyl (C=O) groups is 1.